The molecule has 1 aromatic rings. The van der Waals surface area contributed by atoms with Crippen molar-refractivity contribution in [2.75, 3.05) is 25.6 Å². The lowest BCUT2D eigenvalue weighted by molar-refractivity contribution is 0.250. The third-order valence-corrected chi connectivity index (χ3v) is 3.15. The zero-order chi connectivity index (χ0) is 12.8. The summed E-state index contributed by atoms with van der Waals surface area (Å²) in [4.78, 5) is 2.06. The minimum absolute atomic E-state index is 0.100. The van der Waals surface area contributed by atoms with Crippen LogP contribution < -0.4 is 15.4 Å². The molecule has 0 heterocycles. The van der Waals surface area contributed by atoms with Gasteiger partial charge in [-0.1, -0.05) is 26.3 Å². The number of rotatable bonds is 6. The van der Waals surface area contributed by atoms with E-state index in [0.717, 1.165) is 17.9 Å². The van der Waals surface area contributed by atoms with Gasteiger partial charge in [0.15, 0.2) is 0 Å². The maximum atomic E-state index is 6.04. The normalized spacial score (nSPS) is 14.2. The van der Waals surface area contributed by atoms with Crippen molar-refractivity contribution >= 4 is 5.69 Å². The molecule has 2 atom stereocenters. The molecule has 0 saturated carbocycles. The van der Waals surface area contributed by atoms with Crippen LogP contribution >= 0.6 is 0 Å². The van der Waals surface area contributed by atoms with E-state index in [0.29, 0.717) is 12.5 Å². The minimum atomic E-state index is 0.100. The van der Waals surface area contributed by atoms with Gasteiger partial charge in [0.25, 0.3) is 0 Å². The van der Waals surface area contributed by atoms with Crippen LogP contribution in [0.3, 0.4) is 0 Å². The first kappa shape index (κ1) is 13.8. The summed E-state index contributed by atoms with van der Waals surface area (Å²) >= 11 is 0. The highest BCUT2D eigenvalue weighted by Gasteiger charge is 2.11. The van der Waals surface area contributed by atoms with Gasteiger partial charge in [-0.15, -0.1) is 0 Å². The molecule has 0 aliphatic rings. The Balaban J connectivity index is 2.54. The highest BCUT2D eigenvalue weighted by molar-refractivity contribution is 5.49. The van der Waals surface area contributed by atoms with Crippen LogP contribution in [0.15, 0.2) is 24.3 Å². The predicted molar refractivity (Wildman–Crippen MR) is 73.7 cm³/mol. The van der Waals surface area contributed by atoms with Gasteiger partial charge in [-0.05, 0) is 18.1 Å². The highest BCUT2D eigenvalue weighted by Crippen LogP contribution is 2.19. The molecule has 3 heteroatoms. The molecule has 1 aromatic carbocycles. The van der Waals surface area contributed by atoms with Crippen LogP contribution in [0.5, 0.6) is 5.75 Å². The topological polar surface area (TPSA) is 38.5 Å². The van der Waals surface area contributed by atoms with Crippen molar-refractivity contribution in [3.05, 3.63) is 24.3 Å². The van der Waals surface area contributed by atoms with E-state index in [9.17, 15) is 0 Å². The van der Waals surface area contributed by atoms with Gasteiger partial charge < -0.3 is 15.4 Å². The molecule has 0 fully saturated rings. The minimum Gasteiger partial charge on any atom is -0.492 e. The first-order valence-corrected chi connectivity index (χ1v) is 6.20. The zero-order valence-electron chi connectivity index (χ0n) is 11.3. The summed E-state index contributed by atoms with van der Waals surface area (Å²) < 4.78 is 5.73. The standard InChI is InChI=1S/C14H24N2O/c1-5-11(2)14(15)10-17-13-8-6-7-12(9-13)16(3)4/h6-9,11,14H,5,10,15H2,1-4H3. The van der Waals surface area contributed by atoms with Gasteiger partial charge in [0.2, 0.25) is 0 Å². The molecule has 0 aliphatic carbocycles. The van der Waals surface area contributed by atoms with Gasteiger partial charge in [-0.25, -0.2) is 0 Å². The fourth-order valence-corrected chi connectivity index (χ4v) is 1.51. The maximum absolute atomic E-state index is 6.04. The Kier molecular flexibility index (Phi) is 5.29. The van der Waals surface area contributed by atoms with Gasteiger partial charge >= 0.3 is 0 Å². The summed E-state index contributed by atoms with van der Waals surface area (Å²) in [5, 5.41) is 0. The lowest BCUT2D eigenvalue weighted by Crippen LogP contribution is -2.34. The van der Waals surface area contributed by atoms with Crippen molar-refractivity contribution in [3.63, 3.8) is 0 Å². The molecular weight excluding hydrogens is 212 g/mol. The van der Waals surface area contributed by atoms with Crippen molar-refractivity contribution < 1.29 is 4.74 Å². The quantitative estimate of drug-likeness (QED) is 0.824. The molecule has 3 nitrogen and oxygen atoms in total. The van der Waals surface area contributed by atoms with E-state index >= 15 is 0 Å². The van der Waals surface area contributed by atoms with E-state index in [1.807, 2.05) is 32.3 Å². The molecule has 96 valence electrons. The molecule has 0 spiro atoms. The average molecular weight is 236 g/mol. The summed E-state index contributed by atoms with van der Waals surface area (Å²) in [7, 11) is 4.04. The molecule has 2 N–H and O–H groups in total. The number of benzene rings is 1. The fourth-order valence-electron chi connectivity index (χ4n) is 1.51. The Labute approximate surface area is 105 Å². The summed E-state index contributed by atoms with van der Waals surface area (Å²) in [6, 6.07) is 8.16. The summed E-state index contributed by atoms with van der Waals surface area (Å²) in [6.07, 6.45) is 1.09. The van der Waals surface area contributed by atoms with Gasteiger partial charge in [0.05, 0.1) is 0 Å². The van der Waals surface area contributed by atoms with Gasteiger partial charge in [0.1, 0.15) is 12.4 Å². The number of hydrogen-bond acceptors (Lipinski definition) is 3. The smallest absolute Gasteiger partial charge is 0.121 e. The molecular formula is C14H24N2O. The summed E-state index contributed by atoms with van der Waals surface area (Å²) in [5.74, 6) is 1.38. The Morgan fingerprint density at radius 2 is 2.06 bits per heavy atom. The predicted octanol–water partition coefficient (Wildman–Crippen LogP) is 2.50. The Hall–Kier alpha value is -1.22. The van der Waals surface area contributed by atoms with Crippen LogP contribution in [0.4, 0.5) is 5.69 Å². The van der Waals surface area contributed by atoms with Crippen molar-refractivity contribution in [2.45, 2.75) is 26.3 Å². The molecule has 17 heavy (non-hydrogen) atoms. The molecule has 0 radical (unpaired) electrons. The van der Waals surface area contributed by atoms with E-state index in [4.69, 9.17) is 10.5 Å². The molecule has 0 bridgehead atoms. The zero-order valence-corrected chi connectivity index (χ0v) is 11.3. The van der Waals surface area contributed by atoms with E-state index < -0.39 is 0 Å². The lowest BCUT2D eigenvalue weighted by atomic mass is 10.0. The van der Waals surface area contributed by atoms with Crippen LogP contribution in [-0.4, -0.2) is 26.7 Å². The molecule has 1 rings (SSSR count). The highest BCUT2D eigenvalue weighted by atomic mass is 16.5. The van der Waals surface area contributed by atoms with E-state index in [1.54, 1.807) is 0 Å². The molecule has 0 aromatic heterocycles. The van der Waals surface area contributed by atoms with Gasteiger partial charge in [-0.3, -0.25) is 0 Å². The van der Waals surface area contributed by atoms with Crippen LogP contribution in [0.25, 0.3) is 0 Å². The third-order valence-electron chi connectivity index (χ3n) is 3.15. The number of hydrogen-bond donors (Lipinski definition) is 1. The van der Waals surface area contributed by atoms with Gasteiger partial charge in [0, 0.05) is 31.9 Å². The number of anilines is 1. The second-order valence-electron chi connectivity index (χ2n) is 4.75. The molecule has 2 unspecified atom stereocenters. The third kappa shape index (κ3) is 4.27. The van der Waals surface area contributed by atoms with Crippen LogP contribution in [0, 0.1) is 5.92 Å². The Morgan fingerprint density at radius 3 is 2.65 bits per heavy atom. The van der Waals surface area contributed by atoms with Crippen molar-refractivity contribution in [1.82, 2.24) is 0 Å². The van der Waals surface area contributed by atoms with E-state index in [2.05, 4.69) is 24.8 Å². The van der Waals surface area contributed by atoms with Crippen molar-refractivity contribution in [3.8, 4) is 5.75 Å². The van der Waals surface area contributed by atoms with Crippen molar-refractivity contribution in [2.24, 2.45) is 11.7 Å². The van der Waals surface area contributed by atoms with Gasteiger partial charge in [-0.2, -0.15) is 0 Å². The van der Waals surface area contributed by atoms with Crippen LogP contribution in [0.2, 0.25) is 0 Å². The Morgan fingerprint density at radius 1 is 1.35 bits per heavy atom. The summed E-state index contributed by atoms with van der Waals surface area (Å²) in [5.41, 5.74) is 7.18. The average Bonchev–Trinajstić information content (AvgIpc) is 2.35. The maximum Gasteiger partial charge on any atom is 0.121 e. The Bertz CT molecular complexity index is 339. The van der Waals surface area contributed by atoms with E-state index in [1.165, 1.54) is 0 Å². The first-order valence-electron chi connectivity index (χ1n) is 6.20. The second-order valence-corrected chi connectivity index (χ2v) is 4.75. The largest absolute Gasteiger partial charge is 0.492 e. The number of nitrogens with zero attached hydrogens (tertiary/aromatic N) is 1. The molecule has 0 amide bonds. The van der Waals surface area contributed by atoms with Crippen molar-refractivity contribution in [1.29, 1.82) is 0 Å². The second kappa shape index (κ2) is 6.50. The van der Waals surface area contributed by atoms with Crippen LogP contribution in [-0.2, 0) is 0 Å². The van der Waals surface area contributed by atoms with Crippen LogP contribution in [0.1, 0.15) is 20.3 Å². The fraction of sp³-hybridized carbons (Fsp3) is 0.571. The lowest BCUT2D eigenvalue weighted by Gasteiger charge is -2.19. The molecule has 0 aliphatic heterocycles. The SMILES string of the molecule is CCC(C)C(N)COc1cccc(N(C)C)c1. The molecule has 0 saturated heterocycles. The summed E-state index contributed by atoms with van der Waals surface area (Å²) in [6.45, 7) is 4.88. The first-order chi connectivity index (χ1) is 8.04. The monoisotopic (exact) mass is 236 g/mol. The number of ether oxygens (including phenoxy) is 1. The van der Waals surface area contributed by atoms with E-state index in [-0.39, 0.29) is 6.04 Å². The number of nitrogens with two attached hydrogens (primary N) is 1.